The van der Waals surface area contributed by atoms with Gasteiger partial charge in [0.25, 0.3) is 5.91 Å². The van der Waals surface area contributed by atoms with Gasteiger partial charge in [0.05, 0.1) is 6.54 Å². The molecule has 5 nitrogen and oxygen atoms in total. The number of aryl methyl sites for hydroxylation is 3. The van der Waals surface area contributed by atoms with Crippen LogP contribution in [0.25, 0.3) is 0 Å². The monoisotopic (exact) mass is 368 g/mol. The van der Waals surface area contributed by atoms with Gasteiger partial charge in [0.2, 0.25) is 5.91 Å². The van der Waals surface area contributed by atoms with Gasteiger partial charge in [0.1, 0.15) is 5.75 Å². The maximum absolute atomic E-state index is 12.6. The normalized spacial score (nSPS) is 10.4. The van der Waals surface area contributed by atoms with Gasteiger partial charge in [-0.05, 0) is 62.1 Å². The summed E-state index contributed by atoms with van der Waals surface area (Å²) in [4.78, 5) is 26.5. The fourth-order valence-electron chi connectivity index (χ4n) is 2.89. The molecule has 1 N–H and O–H groups in total. The Morgan fingerprint density at radius 1 is 1.04 bits per heavy atom. The van der Waals surface area contributed by atoms with Crippen LogP contribution in [0.4, 0.5) is 5.69 Å². The number of ether oxygens (including phenoxy) is 1. The fraction of sp³-hybridized carbons (Fsp3) is 0.364. The van der Waals surface area contributed by atoms with E-state index in [4.69, 9.17) is 4.74 Å². The molecule has 0 aliphatic carbocycles. The molecule has 0 aliphatic rings. The van der Waals surface area contributed by atoms with E-state index < -0.39 is 0 Å². The Bertz CT molecular complexity index is 782. The van der Waals surface area contributed by atoms with E-state index in [-0.39, 0.29) is 25.0 Å². The van der Waals surface area contributed by atoms with E-state index in [9.17, 15) is 9.59 Å². The number of para-hydroxylation sites is 1. The van der Waals surface area contributed by atoms with Crippen molar-refractivity contribution in [2.45, 2.75) is 34.1 Å². The van der Waals surface area contributed by atoms with Crippen LogP contribution in [0.5, 0.6) is 5.75 Å². The van der Waals surface area contributed by atoms with E-state index in [0.29, 0.717) is 12.3 Å². The SMILES string of the molecule is CCCN(CC(=O)Nc1ccccc1C)C(=O)COc1cc(C)cc(C)c1. The van der Waals surface area contributed by atoms with Crippen LogP contribution in [0.2, 0.25) is 0 Å². The highest BCUT2D eigenvalue weighted by Crippen LogP contribution is 2.16. The van der Waals surface area contributed by atoms with Crippen LogP contribution in [-0.4, -0.2) is 36.4 Å². The number of carbonyl (C=O) groups excluding carboxylic acids is 2. The zero-order valence-electron chi connectivity index (χ0n) is 16.5. The van der Waals surface area contributed by atoms with Crippen LogP contribution in [0.15, 0.2) is 42.5 Å². The minimum Gasteiger partial charge on any atom is -0.484 e. The molecule has 2 aromatic carbocycles. The van der Waals surface area contributed by atoms with E-state index in [0.717, 1.165) is 28.8 Å². The Morgan fingerprint density at radius 3 is 2.33 bits per heavy atom. The third-order valence-electron chi connectivity index (χ3n) is 4.16. The van der Waals surface area contributed by atoms with E-state index in [2.05, 4.69) is 5.32 Å². The zero-order chi connectivity index (χ0) is 19.8. The predicted octanol–water partition coefficient (Wildman–Crippen LogP) is 3.87. The van der Waals surface area contributed by atoms with E-state index in [1.807, 2.05) is 70.2 Å². The maximum Gasteiger partial charge on any atom is 0.260 e. The van der Waals surface area contributed by atoms with E-state index >= 15 is 0 Å². The molecule has 2 rings (SSSR count). The maximum atomic E-state index is 12.6. The van der Waals surface area contributed by atoms with Crippen LogP contribution in [-0.2, 0) is 9.59 Å². The Kier molecular flexibility index (Phi) is 7.41. The second kappa shape index (κ2) is 9.76. The number of hydrogen-bond donors (Lipinski definition) is 1. The van der Waals surface area contributed by atoms with Gasteiger partial charge in [-0.25, -0.2) is 0 Å². The quantitative estimate of drug-likeness (QED) is 0.769. The van der Waals surface area contributed by atoms with Gasteiger partial charge >= 0.3 is 0 Å². The summed E-state index contributed by atoms with van der Waals surface area (Å²) in [5, 5.41) is 2.87. The average Bonchev–Trinajstić information content (AvgIpc) is 2.60. The highest BCUT2D eigenvalue weighted by atomic mass is 16.5. The third-order valence-corrected chi connectivity index (χ3v) is 4.16. The Hall–Kier alpha value is -2.82. The highest BCUT2D eigenvalue weighted by molar-refractivity contribution is 5.95. The Labute approximate surface area is 161 Å². The van der Waals surface area contributed by atoms with Gasteiger partial charge in [-0.2, -0.15) is 0 Å². The van der Waals surface area contributed by atoms with Crippen molar-refractivity contribution >= 4 is 17.5 Å². The van der Waals surface area contributed by atoms with Gasteiger partial charge in [-0.3, -0.25) is 9.59 Å². The zero-order valence-corrected chi connectivity index (χ0v) is 16.5. The number of nitrogens with one attached hydrogen (secondary N) is 1. The molecular formula is C22H28N2O3. The van der Waals surface area contributed by atoms with Crippen LogP contribution < -0.4 is 10.1 Å². The molecule has 27 heavy (non-hydrogen) atoms. The second-order valence-electron chi connectivity index (χ2n) is 6.79. The number of benzene rings is 2. The summed E-state index contributed by atoms with van der Waals surface area (Å²) in [6.45, 7) is 8.32. The molecule has 0 saturated heterocycles. The minimum absolute atomic E-state index is 0.0111. The van der Waals surface area contributed by atoms with Gasteiger partial charge in [0.15, 0.2) is 6.61 Å². The highest BCUT2D eigenvalue weighted by Gasteiger charge is 2.17. The molecule has 0 aliphatic heterocycles. The molecule has 2 aromatic rings. The lowest BCUT2D eigenvalue weighted by Crippen LogP contribution is -2.41. The molecule has 0 unspecified atom stereocenters. The molecule has 0 atom stereocenters. The van der Waals surface area contributed by atoms with Crippen LogP contribution >= 0.6 is 0 Å². The lowest BCUT2D eigenvalue weighted by Gasteiger charge is -2.22. The Morgan fingerprint density at radius 2 is 1.70 bits per heavy atom. The van der Waals surface area contributed by atoms with Crippen molar-refractivity contribution in [1.82, 2.24) is 4.90 Å². The van der Waals surface area contributed by atoms with E-state index in [1.165, 1.54) is 4.90 Å². The first kappa shape index (κ1) is 20.5. The molecule has 0 aromatic heterocycles. The van der Waals surface area contributed by atoms with Gasteiger partial charge in [-0.1, -0.05) is 31.2 Å². The first-order valence-corrected chi connectivity index (χ1v) is 9.23. The first-order chi connectivity index (χ1) is 12.9. The van der Waals surface area contributed by atoms with Crippen molar-refractivity contribution < 1.29 is 14.3 Å². The molecule has 0 radical (unpaired) electrons. The molecule has 0 heterocycles. The minimum atomic E-state index is -0.211. The van der Waals surface area contributed by atoms with Crippen molar-refractivity contribution in [1.29, 1.82) is 0 Å². The summed E-state index contributed by atoms with van der Waals surface area (Å²) in [7, 11) is 0. The summed E-state index contributed by atoms with van der Waals surface area (Å²) in [6, 6.07) is 13.4. The number of rotatable bonds is 8. The van der Waals surface area contributed by atoms with Crippen LogP contribution in [0, 0.1) is 20.8 Å². The molecular weight excluding hydrogens is 340 g/mol. The van der Waals surface area contributed by atoms with Crippen molar-refractivity contribution in [2.24, 2.45) is 0 Å². The van der Waals surface area contributed by atoms with Crippen molar-refractivity contribution in [3.63, 3.8) is 0 Å². The fourth-order valence-corrected chi connectivity index (χ4v) is 2.89. The number of anilines is 1. The number of carbonyl (C=O) groups is 2. The van der Waals surface area contributed by atoms with Crippen molar-refractivity contribution in [3.05, 3.63) is 59.2 Å². The Balaban J connectivity index is 1.95. The molecule has 0 bridgehead atoms. The van der Waals surface area contributed by atoms with Gasteiger partial charge in [0, 0.05) is 12.2 Å². The standard InChI is InChI=1S/C22H28N2O3/c1-5-10-24(14-21(25)23-20-9-7-6-8-18(20)4)22(26)15-27-19-12-16(2)11-17(3)13-19/h6-9,11-13H,5,10,14-15H2,1-4H3,(H,23,25). The molecule has 0 fully saturated rings. The summed E-state index contributed by atoms with van der Waals surface area (Å²) >= 11 is 0. The largest absolute Gasteiger partial charge is 0.484 e. The summed E-state index contributed by atoms with van der Waals surface area (Å²) in [6.07, 6.45) is 0.771. The second-order valence-corrected chi connectivity index (χ2v) is 6.79. The molecule has 2 amide bonds. The van der Waals surface area contributed by atoms with E-state index in [1.54, 1.807) is 0 Å². The predicted molar refractivity (Wildman–Crippen MR) is 108 cm³/mol. The van der Waals surface area contributed by atoms with Gasteiger partial charge < -0.3 is 15.0 Å². The average molecular weight is 368 g/mol. The number of hydrogen-bond acceptors (Lipinski definition) is 3. The lowest BCUT2D eigenvalue weighted by atomic mass is 10.1. The van der Waals surface area contributed by atoms with Crippen LogP contribution in [0.1, 0.15) is 30.0 Å². The molecule has 0 saturated carbocycles. The molecule has 144 valence electrons. The van der Waals surface area contributed by atoms with Crippen LogP contribution in [0.3, 0.4) is 0 Å². The number of nitrogens with zero attached hydrogens (tertiary/aromatic N) is 1. The van der Waals surface area contributed by atoms with Crippen molar-refractivity contribution in [2.75, 3.05) is 25.0 Å². The summed E-state index contributed by atoms with van der Waals surface area (Å²) < 4.78 is 5.65. The molecule has 0 spiro atoms. The smallest absolute Gasteiger partial charge is 0.260 e. The first-order valence-electron chi connectivity index (χ1n) is 9.23. The van der Waals surface area contributed by atoms with Gasteiger partial charge in [-0.15, -0.1) is 0 Å². The summed E-state index contributed by atoms with van der Waals surface area (Å²) in [5.41, 5.74) is 3.91. The number of amides is 2. The third kappa shape index (κ3) is 6.44. The topological polar surface area (TPSA) is 58.6 Å². The summed E-state index contributed by atoms with van der Waals surface area (Å²) in [5.74, 6) is 0.259. The lowest BCUT2D eigenvalue weighted by molar-refractivity contribution is -0.136. The molecule has 5 heteroatoms. The van der Waals surface area contributed by atoms with Crippen molar-refractivity contribution in [3.8, 4) is 5.75 Å².